The maximum atomic E-state index is 12.8. The molecular formula is C25H38ClF2OSi. The van der Waals surface area contributed by atoms with Gasteiger partial charge >= 0.3 is 6.61 Å². The lowest BCUT2D eigenvalue weighted by Gasteiger charge is -2.30. The Hall–Kier alpha value is -0.613. The van der Waals surface area contributed by atoms with Crippen LogP contribution in [0.4, 0.5) is 8.78 Å². The highest BCUT2D eigenvalue weighted by Crippen LogP contribution is 2.42. The van der Waals surface area contributed by atoms with Crippen molar-refractivity contribution in [2.45, 2.75) is 108 Å². The second-order valence-corrected chi connectivity index (χ2v) is 12.9. The second-order valence-electron chi connectivity index (χ2n) is 9.51. The van der Waals surface area contributed by atoms with Crippen molar-refractivity contribution in [2.75, 3.05) is 0 Å². The Labute approximate surface area is 188 Å². The lowest BCUT2D eigenvalue weighted by molar-refractivity contribution is -0.0507. The van der Waals surface area contributed by atoms with E-state index >= 15 is 0 Å². The van der Waals surface area contributed by atoms with Crippen molar-refractivity contribution in [3.63, 3.8) is 0 Å². The van der Waals surface area contributed by atoms with Crippen LogP contribution < -0.4 is 4.74 Å². The van der Waals surface area contributed by atoms with Gasteiger partial charge in [0.2, 0.25) is 0 Å². The van der Waals surface area contributed by atoms with Crippen LogP contribution in [0, 0.1) is 11.8 Å². The molecule has 0 aromatic heterocycles. The molecule has 1 saturated heterocycles. The fourth-order valence-corrected chi connectivity index (χ4v) is 8.90. The molecule has 1 aliphatic heterocycles. The van der Waals surface area contributed by atoms with Gasteiger partial charge in [0.15, 0.2) is 0 Å². The standard InChI is InChI=1S/C25H38ClF2OSi/c1-2-15-30-16-13-20(14-17-30)6-4-3-5-19-7-9-21(10-8-19)23-12-11-22(26)18-24(23)29-25(27)28/h11-12,18-21,25H,2-10,13-17H2,1H3. The van der Waals surface area contributed by atoms with Crippen molar-refractivity contribution in [2.24, 2.45) is 11.8 Å². The Bertz CT molecular complexity index is 626. The number of rotatable bonds is 10. The van der Waals surface area contributed by atoms with Gasteiger partial charge < -0.3 is 4.74 Å². The number of hydrogen-bond donors (Lipinski definition) is 0. The van der Waals surface area contributed by atoms with Gasteiger partial charge in [-0.1, -0.05) is 87.7 Å². The van der Waals surface area contributed by atoms with Gasteiger partial charge in [-0.15, -0.1) is 0 Å². The molecule has 1 aromatic rings. The van der Waals surface area contributed by atoms with E-state index in [2.05, 4.69) is 6.92 Å². The lowest BCUT2D eigenvalue weighted by Crippen LogP contribution is -2.21. The van der Waals surface area contributed by atoms with Crippen LogP contribution in [0.3, 0.4) is 0 Å². The fraction of sp³-hybridized carbons (Fsp3) is 0.760. The van der Waals surface area contributed by atoms with E-state index in [4.69, 9.17) is 16.3 Å². The molecule has 5 heteroatoms. The molecule has 169 valence electrons. The molecule has 0 unspecified atom stereocenters. The van der Waals surface area contributed by atoms with Gasteiger partial charge in [-0.05, 0) is 61.1 Å². The first kappa shape index (κ1) is 24.0. The van der Waals surface area contributed by atoms with E-state index in [1.54, 1.807) is 18.2 Å². The molecule has 0 atom stereocenters. The van der Waals surface area contributed by atoms with Crippen LogP contribution in [0.25, 0.3) is 0 Å². The number of alkyl halides is 2. The summed E-state index contributed by atoms with van der Waals surface area (Å²) in [6.45, 7) is -0.468. The summed E-state index contributed by atoms with van der Waals surface area (Å²) in [4.78, 5) is 0. The molecule has 30 heavy (non-hydrogen) atoms. The van der Waals surface area contributed by atoms with Crippen LogP contribution in [0.2, 0.25) is 23.2 Å². The number of hydrogen-bond acceptors (Lipinski definition) is 1. The number of benzene rings is 1. The third-order valence-corrected chi connectivity index (χ3v) is 10.8. The van der Waals surface area contributed by atoms with E-state index < -0.39 is 6.61 Å². The largest absolute Gasteiger partial charge is 0.434 e. The van der Waals surface area contributed by atoms with Gasteiger partial charge in [-0.2, -0.15) is 8.78 Å². The van der Waals surface area contributed by atoms with Crippen LogP contribution in [0.5, 0.6) is 5.75 Å². The maximum absolute atomic E-state index is 12.8. The summed E-state index contributed by atoms with van der Waals surface area (Å²) >= 11 is 5.99. The molecule has 1 nitrogen and oxygen atoms in total. The van der Waals surface area contributed by atoms with Crippen LogP contribution >= 0.6 is 11.6 Å². The summed E-state index contributed by atoms with van der Waals surface area (Å²) < 4.78 is 30.3. The lowest BCUT2D eigenvalue weighted by atomic mass is 9.76. The molecular weight excluding hydrogens is 418 g/mol. The summed E-state index contributed by atoms with van der Waals surface area (Å²) in [6, 6.07) is 9.87. The number of ether oxygens (including phenoxy) is 1. The summed E-state index contributed by atoms with van der Waals surface area (Å²) in [5, 5.41) is 0.448. The SMILES string of the molecule is CCC[Si]1CCC(CCCCC2CCC(c3ccc(Cl)cc3OC(F)F)CC2)CC1. The minimum Gasteiger partial charge on any atom is -0.434 e. The molecule has 0 N–H and O–H groups in total. The Morgan fingerprint density at radius 1 is 1.00 bits per heavy atom. The quantitative estimate of drug-likeness (QED) is 0.252. The summed E-state index contributed by atoms with van der Waals surface area (Å²) in [5.41, 5.74) is 0.902. The highest BCUT2D eigenvalue weighted by Gasteiger charge is 2.26. The third kappa shape index (κ3) is 7.51. The fourth-order valence-electron chi connectivity index (χ4n) is 5.65. The van der Waals surface area contributed by atoms with Crippen molar-refractivity contribution in [3.8, 4) is 5.75 Å². The van der Waals surface area contributed by atoms with Crippen molar-refractivity contribution in [1.82, 2.24) is 0 Å². The molecule has 1 saturated carbocycles. The van der Waals surface area contributed by atoms with Crippen LogP contribution in [-0.4, -0.2) is 15.4 Å². The van der Waals surface area contributed by atoms with Gasteiger partial charge in [0.05, 0.1) is 0 Å². The molecule has 2 aliphatic rings. The van der Waals surface area contributed by atoms with Crippen molar-refractivity contribution in [3.05, 3.63) is 28.8 Å². The minimum absolute atomic E-state index is 0.0239. The average molecular weight is 456 g/mol. The molecule has 0 bridgehead atoms. The van der Waals surface area contributed by atoms with Crippen LogP contribution in [0.15, 0.2) is 18.2 Å². The number of halogens is 3. The van der Waals surface area contributed by atoms with E-state index in [1.165, 1.54) is 69.9 Å². The van der Waals surface area contributed by atoms with Crippen LogP contribution in [-0.2, 0) is 0 Å². The predicted octanol–water partition coefficient (Wildman–Crippen LogP) is 9.09. The first-order chi connectivity index (χ1) is 14.5. The zero-order valence-corrected chi connectivity index (χ0v) is 20.2. The van der Waals surface area contributed by atoms with E-state index in [-0.39, 0.29) is 14.5 Å². The van der Waals surface area contributed by atoms with Crippen LogP contribution in [0.1, 0.15) is 89.0 Å². The van der Waals surface area contributed by atoms with Crippen molar-refractivity contribution in [1.29, 1.82) is 0 Å². The van der Waals surface area contributed by atoms with E-state index in [0.29, 0.717) is 10.9 Å². The van der Waals surface area contributed by atoms with Crippen molar-refractivity contribution >= 4 is 20.4 Å². The topological polar surface area (TPSA) is 9.23 Å². The van der Waals surface area contributed by atoms with E-state index in [1.807, 2.05) is 6.07 Å². The molecule has 3 rings (SSSR count). The first-order valence-electron chi connectivity index (χ1n) is 12.1. The van der Waals surface area contributed by atoms with E-state index in [0.717, 1.165) is 30.2 Å². The van der Waals surface area contributed by atoms with Gasteiger partial charge in [0.1, 0.15) is 5.75 Å². The van der Waals surface area contributed by atoms with Gasteiger partial charge in [0, 0.05) is 13.8 Å². The molecule has 1 aromatic carbocycles. The molecule has 1 radical (unpaired) electrons. The minimum atomic E-state index is -2.80. The smallest absolute Gasteiger partial charge is 0.387 e. The molecule has 1 aliphatic carbocycles. The third-order valence-electron chi connectivity index (χ3n) is 7.37. The summed E-state index contributed by atoms with van der Waals surface area (Å²) in [6.07, 6.45) is 14.5. The zero-order chi connectivity index (χ0) is 21.3. The Kier molecular flexibility index (Phi) is 9.96. The maximum Gasteiger partial charge on any atom is 0.387 e. The Morgan fingerprint density at radius 3 is 2.23 bits per heavy atom. The Morgan fingerprint density at radius 2 is 1.63 bits per heavy atom. The second kappa shape index (κ2) is 12.4. The zero-order valence-electron chi connectivity index (χ0n) is 18.5. The predicted molar refractivity (Wildman–Crippen MR) is 124 cm³/mol. The average Bonchev–Trinajstić information content (AvgIpc) is 2.73. The summed E-state index contributed by atoms with van der Waals surface area (Å²) in [7, 11) is 0.0239. The molecule has 1 heterocycles. The van der Waals surface area contributed by atoms with Gasteiger partial charge in [-0.25, -0.2) is 0 Å². The number of unbranched alkanes of at least 4 members (excludes halogenated alkanes) is 1. The highest BCUT2D eigenvalue weighted by atomic mass is 35.5. The van der Waals surface area contributed by atoms with Gasteiger partial charge in [0.25, 0.3) is 0 Å². The normalized spacial score (nSPS) is 23.8. The highest BCUT2D eigenvalue weighted by molar-refractivity contribution is 6.58. The summed E-state index contributed by atoms with van der Waals surface area (Å²) in [5.74, 6) is 2.38. The monoisotopic (exact) mass is 455 g/mol. The van der Waals surface area contributed by atoms with Crippen molar-refractivity contribution < 1.29 is 13.5 Å². The molecule has 0 amide bonds. The van der Waals surface area contributed by atoms with Gasteiger partial charge in [-0.3, -0.25) is 0 Å². The Balaban J connectivity index is 1.35. The molecule has 2 fully saturated rings. The molecule has 0 spiro atoms. The van der Waals surface area contributed by atoms with E-state index in [9.17, 15) is 8.78 Å². The first-order valence-corrected chi connectivity index (χ1v) is 14.6.